The Bertz CT molecular complexity index is 2150. The summed E-state index contributed by atoms with van der Waals surface area (Å²) in [6.07, 6.45) is 5.85. The summed E-state index contributed by atoms with van der Waals surface area (Å²) >= 11 is 0. The van der Waals surface area contributed by atoms with Crippen LogP contribution in [0.2, 0.25) is 0 Å². The van der Waals surface area contributed by atoms with Crippen molar-refractivity contribution in [2.45, 2.75) is 84.0 Å². The van der Waals surface area contributed by atoms with Crippen molar-refractivity contribution < 1.29 is 28.5 Å². The molecular formula is C48H70N8O7. The van der Waals surface area contributed by atoms with Crippen LogP contribution in [0, 0.1) is 6.92 Å². The maximum Gasteiger partial charge on any atom is 0.318 e. The summed E-state index contributed by atoms with van der Waals surface area (Å²) in [5.41, 5.74) is 4.73. The lowest BCUT2D eigenvalue weighted by Crippen LogP contribution is -2.59. The Labute approximate surface area is 372 Å². The molecule has 1 unspecified atom stereocenters. The van der Waals surface area contributed by atoms with E-state index in [0.717, 1.165) is 77.5 Å². The fourth-order valence-electron chi connectivity index (χ4n) is 9.67. The van der Waals surface area contributed by atoms with E-state index in [-0.39, 0.29) is 23.4 Å². The van der Waals surface area contributed by atoms with E-state index in [4.69, 9.17) is 18.9 Å². The number of pyridine rings is 1. The Kier molecular flexibility index (Phi) is 17.0. The van der Waals surface area contributed by atoms with Crippen LogP contribution in [0.15, 0.2) is 53.5 Å². The molecule has 1 atom stereocenters. The Morgan fingerprint density at radius 2 is 1.43 bits per heavy atom. The maximum atomic E-state index is 14.5. The third-order valence-corrected chi connectivity index (χ3v) is 13.2. The average Bonchev–Trinajstić information content (AvgIpc) is 3.72. The number of carbonyl (C=O) groups excluding carboxylic acids is 2. The van der Waals surface area contributed by atoms with Crippen molar-refractivity contribution in [1.82, 2.24) is 39.3 Å². The molecule has 2 aromatic carbocycles. The zero-order chi connectivity index (χ0) is 44.1. The maximum absolute atomic E-state index is 14.5. The highest BCUT2D eigenvalue weighted by atomic mass is 16.5. The lowest BCUT2D eigenvalue weighted by atomic mass is 9.89. The first-order chi connectivity index (χ1) is 30.7. The lowest BCUT2D eigenvalue weighted by molar-refractivity contribution is -0.135. The molecule has 0 bridgehead atoms. The van der Waals surface area contributed by atoms with E-state index in [1.165, 1.54) is 0 Å². The van der Waals surface area contributed by atoms with Gasteiger partial charge in [0.2, 0.25) is 5.91 Å². The van der Waals surface area contributed by atoms with Crippen molar-refractivity contribution in [3.8, 4) is 0 Å². The van der Waals surface area contributed by atoms with E-state index in [0.29, 0.717) is 117 Å². The largest absolute Gasteiger partial charge is 0.379 e. The van der Waals surface area contributed by atoms with Gasteiger partial charge in [-0.1, -0.05) is 24.3 Å². The molecular weight excluding hydrogens is 801 g/mol. The summed E-state index contributed by atoms with van der Waals surface area (Å²) in [5, 5.41) is 9.89. The van der Waals surface area contributed by atoms with E-state index in [1.807, 2.05) is 69.4 Å². The molecule has 3 aliphatic heterocycles. The summed E-state index contributed by atoms with van der Waals surface area (Å²) in [7, 11) is 2.18. The predicted octanol–water partition coefficient (Wildman–Crippen LogP) is 4.50. The number of hydrogen-bond acceptors (Lipinski definition) is 10. The second kappa shape index (κ2) is 23.0. The molecule has 63 heavy (non-hydrogen) atoms. The van der Waals surface area contributed by atoms with Crippen molar-refractivity contribution in [2.75, 3.05) is 112 Å². The van der Waals surface area contributed by atoms with Crippen molar-refractivity contribution in [1.29, 1.82) is 0 Å². The number of piperidine rings is 2. The highest BCUT2D eigenvalue weighted by molar-refractivity contribution is 5.88. The highest BCUT2D eigenvalue weighted by Gasteiger charge is 2.34. The van der Waals surface area contributed by atoms with E-state index in [9.17, 15) is 14.4 Å². The number of hydrogen-bond donors (Lipinski definition) is 1. The molecule has 15 heteroatoms. The Morgan fingerprint density at radius 3 is 2.13 bits per heavy atom. The van der Waals surface area contributed by atoms with E-state index < -0.39 is 6.04 Å². The van der Waals surface area contributed by atoms with Crippen LogP contribution in [0.25, 0.3) is 21.8 Å². The van der Waals surface area contributed by atoms with Gasteiger partial charge in [-0.2, -0.15) is 5.10 Å². The van der Waals surface area contributed by atoms with Gasteiger partial charge < -0.3 is 43.5 Å². The van der Waals surface area contributed by atoms with Gasteiger partial charge in [-0.3, -0.25) is 19.2 Å². The van der Waals surface area contributed by atoms with E-state index >= 15 is 0 Å². The number of ether oxygens (including phenoxy) is 4. The Hall–Kier alpha value is -4.38. The molecule has 1 N–H and O–H groups in total. The van der Waals surface area contributed by atoms with Crippen LogP contribution in [0.3, 0.4) is 0 Å². The minimum Gasteiger partial charge on any atom is -0.379 e. The molecule has 15 nitrogen and oxygen atoms in total. The standard InChI is InChI=1S/C48H70N8O7/c1-5-60-27-29-62-25-23-55-44-10-8-7-9-39(44)34-42(46(55)57)38-11-17-54(18-12-38)48(59)50-43(47(58)53-21-19-52(20-22-53)41-13-15-51(4)16-14-41)33-37-31-36(3)45-40(32-37)35-49-56(45)24-26-63-30-28-61-6-2/h7-10,31-32,34-35,38,41,43H,5-6,11-30,33H2,1-4H3,(H,50,59). The zero-order valence-electron chi connectivity index (χ0n) is 38.1. The predicted molar refractivity (Wildman–Crippen MR) is 246 cm³/mol. The first kappa shape index (κ1) is 46.6. The minimum absolute atomic E-state index is 0.00441. The van der Waals surface area contributed by atoms with Gasteiger partial charge in [0, 0.05) is 82.4 Å². The number of benzene rings is 2. The number of urea groups is 1. The molecule has 2 aromatic heterocycles. The number of amides is 3. The number of likely N-dealkylation sites (tertiary alicyclic amines) is 2. The lowest BCUT2D eigenvalue weighted by Gasteiger charge is -2.43. The molecule has 0 radical (unpaired) electrons. The molecule has 0 saturated carbocycles. The second-order valence-electron chi connectivity index (χ2n) is 17.3. The molecule has 3 amide bonds. The summed E-state index contributed by atoms with van der Waals surface area (Å²) in [6.45, 7) is 17.6. The van der Waals surface area contributed by atoms with Crippen molar-refractivity contribution in [2.24, 2.45) is 0 Å². The third-order valence-electron chi connectivity index (χ3n) is 13.2. The second-order valence-corrected chi connectivity index (χ2v) is 17.3. The van der Waals surface area contributed by atoms with Crippen molar-refractivity contribution in [3.63, 3.8) is 0 Å². The van der Waals surface area contributed by atoms with Gasteiger partial charge in [-0.25, -0.2) is 4.79 Å². The van der Waals surface area contributed by atoms with Crippen LogP contribution in [0.1, 0.15) is 62.1 Å². The third kappa shape index (κ3) is 12.1. The summed E-state index contributed by atoms with van der Waals surface area (Å²) in [6, 6.07) is 13.8. The number of aryl methyl sites for hydroxylation is 1. The average molecular weight is 871 g/mol. The van der Waals surface area contributed by atoms with Crippen LogP contribution in [0.5, 0.6) is 0 Å². The van der Waals surface area contributed by atoms with Crippen LogP contribution >= 0.6 is 0 Å². The molecule has 0 spiro atoms. The molecule has 0 aliphatic carbocycles. The van der Waals surface area contributed by atoms with Crippen LogP contribution in [0.4, 0.5) is 4.79 Å². The highest BCUT2D eigenvalue weighted by Crippen LogP contribution is 2.29. The van der Waals surface area contributed by atoms with Gasteiger partial charge >= 0.3 is 6.03 Å². The van der Waals surface area contributed by atoms with Gasteiger partial charge in [-0.05, 0) is 107 Å². The molecule has 5 heterocycles. The summed E-state index contributed by atoms with van der Waals surface area (Å²) < 4.78 is 26.2. The molecule has 3 aliphatic rings. The van der Waals surface area contributed by atoms with Crippen LogP contribution < -0.4 is 10.9 Å². The monoisotopic (exact) mass is 871 g/mol. The van der Waals surface area contributed by atoms with Gasteiger partial charge in [0.1, 0.15) is 6.04 Å². The van der Waals surface area contributed by atoms with Crippen LogP contribution in [-0.2, 0) is 43.3 Å². The first-order valence-electron chi connectivity index (χ1n) is 23.4. The summed E-state index contributed by atoms with van der Waals surface area (Å²) in [4.78, 5) is 51.5. The van der Waals surface area contributed by atoms with Crippen molar-refractivity contribution in [3.05, 3.63) is 75.7 Å². The van der Waals surface area contributed by atoms with Crippen molar-refractivity contribution >= 4 is 33.7 Å². The number of nitrogens with one attached hydrogen (secondary N) is 1. The molecule has 3 saturated heterocycles. The topological polar surface area (TPSA) is 136 Å². The smallest absolute Gasteiger partial charge is 0.318 e. The number of rotatable bonds is 20. The zero-order valence-corrected chi connectivity index (χ0v) is 38.1. The SMILES string of the molecule is CCOCCOCCn1ncc2cc(CC(NC(=O)N3CCC(c4cc5ccccc5n(CCOCCOCC)c4=O)CC3)C(=O)N3CCN(C4CCN(C)CC4)CC3)cc(C)c21. The van der Waals surface area contributed by atoms with Gasteiger partial charge in [0.05, 0.1) is 63.4 Å². The Balaban J connectivity index is 1.02. The van der Waals surface area contributed by atoms with Gasteiger partial charge in [-0.15, -0.1) is 0 Å². The molecule has 3 fully saturated rings. The number of carbonyl (C=O) groups is 2. The number of fused-ring (bicyclic) bond motifs is 2. The minimum atomic E-state index is -0.737. The van der Waals surface area contributed by atoms with Gasteiger partial charge in [0.25, 0.3) is 5.56 Å². The number of aromatic nitrogens is 3. The van der Waals surface area contributed by atoms with Gasteiger partial charge in [0.15, 0.2) is 0 Å². The number of piperazine rings is 1. The van der Waals surface area contributed by atoms with E-state index in [1.54, 1.807) is 0 Å². The van der Waals surface area contributed by atoms with Crippen LogP contribution in [-0.4, -0.2) is 170 Å². The first-order valence-corrected chi connectivity index (χ1v) is 23.4. The fraction of sp³-hybridized carbons (Fsp3) is 0.625. The molecule has 7 rings (SSSR count). The Morgan fingerprint density at radius 1 is 0.762 bits per heavy atom. The number of para-hydroxylation sites is 1. The molecule has 344 valence electrons. The van der Waals surface area contributed by atoms with E-state index in [2.05, 4.69) is 46.3 Å². The summed E-state index contributed by atoms with van der Waals surface area (Å²) in [5.74, 6) is -0.0377. The quantitative estimate of drug-likeness (QED) is 0.127. The number of nitrogens with zero attached hydrogens (tertiary/aromatic N) is 7. The fourth-order valence-corrected chi connectivity index (χ4v) is 9.67. The molecule has 4 aromatic rings. The normalized spacial score (nSPS) is 17.8.